The summed E-state index contributed by atoms with van der Waals surface area (Å²) < 4.78 is 5.17. The van der Waals surface area contributed by atoms with Gasteiger partial charge in [0.25, 0.3) is 0 Å². The molecule has 106 valence electrons. The molecule has 3 aromatic rings. The highest BCUT2D eigenvalue weighted by molar-refractivity contribution is 5.84. The fourth-order valence-electron chi connectivity index (χ4n) is 2.17. The molecule has 0 saturated heterocycles. The SMILES string of the molecule is Cc1noc(C)c1-c1cccc(-n2ncc(C(=O)O)n2)c1. The molecule has 0 aliphatic heterocycles. The maximum Gasteiger partial charge on any atom is 0.358 e. The van der Waals surface area contributed by atoms with Crippen molar-refractivity contribution < 1.29 is 14.4 Å². The first-order chi connectivity index (χ1) is 10.1. The molecule has 0 unspecified atom stereocenters. The summed E-state index contributed by atoms with van der Waals surface area (Å²) >= 11 is 0. The molecule has 2 heterocycles. The maximum atomic E-state index is 10.9. The van der Waals surface area contributed by atoms with Crippen LogP contribution in [0.25, 0.3) is 16.8 Å². The summed E-state index contributed by atoms with van der Waals surface area (Å²) in [5.41, 5.74) is 3.20. The van der Waals surface area contributed by atoms with Crippen molar-refractivity contribution >= 4 is 5.97 Å². The minimum Gasteiger partial charge on any atom is -0.476 e. The Hall–Kier alpha value is -2.96. The summed E-state index contributed by atoms with van der Waals surface area (Å²) in [6.07, 6.45) is 1.21. The molecule has 7 nitrogen and oxygen atoms in total. The van der Waals surface area contributed by atoms with Gasteiger partial charge in [-0.05, 0) is 31.5 Å². The van der Waals surface area contributed by atoms with Gasteiger partial charge in [-0.1, -0.05) is 17.3 Å². The topological polar surface area (TPSA) is 94.0 Å². The van der Waals surface area contributed by atoms with Crippen LogP contribution < -0.4 is 0 Å². The number of carbonyl (C=O) groups is 1. The lowest BCUT2D eigenvalue weighted by atomic mass is 10.0. The highest BCUT2D eigenvalue weighted by Gasteiger charge is 2.13. The summed E-state index contributed by atoms with van der Waals surface area (Å²) in [6, 6.07) is 7.43. The fraction of sp³-hybridized carbons (Fsp3) is 0.143. The van der Waals surface area contributed by atoms with Crippen molar-refractivity contribution in [3.63, 3.8) is 0 Å². The monoisotopic (exact) mass is 284 g/mol. The molecule has 0 aliphatic rings. The van der Waals surface area contributed by atoms with Crippen LogP contribution in [0.1, 0.15) is 21.9 Å². The van der Waals surface area contributed by atoms with Gasteiger partial charge < -0.3 is 9.63 Å². The van der Waals surface area contributed by atoms with Crippen molar-refractivity contribution in [2.24, 2.45) is 0 Å². The molecular formula is C14H12N4O3. The molecule has 0 bridgehead atoms. The third kappa shape index (κ3) is 2.29. The second-order valence-electron chi connectivity index (χ2n) is 4.57. The van der Waals surface area contributed by atoms with Crippen molar-refractivity contribution in [1.29, 1.82) is 0 Å². The summed E-state index contributed by atoms with van der Waals surface area (Å²) in [6.45, 7) is 3.71. The highest BCUT2D eigenvalue weighted by Crippen LogP contribution is 2.27. The van der Waals surface area contributed by atoms with E-state index >= 15 is 0 Å². The van der Waals surface area contributed by atoms with E-state index in [0.29, 0.717) is 5.69 Å². The van der Waals surface area contributed by atoms with E-state index in [-0.39, 0.29) is 5.69 Å². The van der Waals surface area contributed by atoms with Crippen LogP contribution in [-0.4, -0.2) is 31.2 Å². The number of nitrogens with zero attached hydrogens (tertiary/aromatic N) is 4. The Morgan fingerprint density at radius 1 is 1.33 bits per heavy atom. The lowest BCUT2D eigenvalue weighted by Gasteiger charge is -2.04. The van der Waals surface area contributed by atoms with Crippen LogP contribution in [0.5, 0.6) is 0 Å². The van der Waals surface area contributed by atoms with Gasteiger partial charge in [-0.25, -0.2) is 4.79 Å². The van der Waals surface area contributed by atoms with Crippen LogP contribution in [0.15, 0.2) is 35.0 Å². The first kappa shape index (κ1) is 13.0. The number of hydrogen-bond acceptors (Lipinski definition) is 5. The predicted octanol–water partition coefficient (Wildman–Crippen LogP) is 2.24. The van der Waals surface area contributed by atoms with Gasteiger partial charge in [0.2, 0.25) is 0 Å². The number of aromatic nitrogens is 4. The summed E-state index contributed by atoms with van der Waals surface area (Å²) in [5, 5.41) is 20.7. The van der Waals surface area contributed by atoms with Gasteiger partial charge in [0.15, 0.2) is 5.69 Å². The molecule has 0 aliphatic carbocycles. The smallest absolute Gasteiger partial charge is 0.358 e. The molecule has 0 spiro atoms. The molecule has 0 amide bonds. The van der Waals surface area contributed by atoms with E-state index in [1.807, 2.05) is 32.0 Å². The molecule has 0 saturated carbocycles. The molecule has 0 fully saturated rings. The molecule has 2 aromatic heterocycles. The third-order valence-corrected chi connectivity index (χ3v) is 3.11. The van der Waals surface area contributed by atoms with Crippen molar-refractivity contribution in [2.75, 3.05) is 0 Å². The number of carboxylic acids is 1. The normalized spacial score (nSPS) is 10.8. The molecule has 0 atom stereocenters. The number of rotatable bonds is 3. The molecule has 1 aromatic carbocycles. The zero-order chi connectivity index (χ0) is 15.0. The van der Waals surface area contributed by atoms with E-state index in [1.165, 1.54) is 11.0 Å². The van der Waals surface area contributed by atoms with Crippen LogP contribution in [0.2, 0.25) is 0 Å². The molecule has 1 N–H and O–H groups in total. The highest BCUT2D eigenvalue weighted by atomic mass is 16.5. The standard InChI is InChI=1S/C14H12N4O3/c1-8-13(9(2)21-17-8)10-4-3-5-11(6-10)18-15-7-12(16-18)14(19)20/h3-7H,1-2H3,(H,19,20). The zero-order valence-electron chi connectivity index (χ0n) is 11.4. The lowest BCUT2D eigenvalue weighted by Crippen LogP contribution is -2.02. The van der Waals surface area contributed by atoms with Crippen LogP contribution in [0.3, 0.4) is 0 Å². The second-order valence-corrected chi connectivity index (χ2v) is 4.57. The molecule has 7 heteroatoms. The van der Waals surface area contributed by atoms with Crippen LogP contribution in [0.4, 0.5) is 0 Å². The van der Waals surface area contributed by atoms with Crippen LogP contribution >= 0.6 is 0 Å². The van der Waals surface area contributed by atoms with Crippen LogP contribution in [-0.2, 0) is 0 Å². The van der Waals surface area contributed by atoms with Gasteiger partial charge in [-0.2, -0.15) is 9.90 Å². The Bertz CT molecular complexity index is 800. The Morgan fingerprint density at radius 2 is 2.14 bits per heavy atom. The second kappa shape index (κ2) is 4.86. The average molecular weight is 284 g/mol. The summed E-state index contributed by atoms with van der Waals surface area (Å²) in [5.74, 6) is -0.382. The Labute approximate surface area is 119 Å². The first-order valence-electron chi connectivity index (χ1n) is 6.25. The Morgan fingerprint density at radius 3 is 2.76 bits per heavy atom. The largest absolute Gasteiger partial charge is 0.476 e. The number of benzene rings is 1. The summed E-state index contributed by atoms with van der Waals surface area (Å²) in [7, 11) is 0. The van der Waals surface area contributed by atoms with Gasteiger partial charge >= 0.3 is 5.97 Å². The molecule has 21 heavy (non-hydrogen) atoms. The average Bonchev–Trinajstić information content (AvgIpc) is 3.07. The maximum absolute atomic E-state index is 10.9. The number of hydrogen-bond donors (Lipinski definition) is 1. The Balaban J connectivity index is 2.06. The van der Waals surface area contributed by atoms with E-state index in [2.05, 4.69) is 15.4 Å². The Kier molecular flexibility index (Phi) is 3.02. The van der Waals surface area contributed by atoms with Gasteiger partial charge in [0.1, 0.15) is 5.76 Å². The van der Waals surface area contributed by atoms with Crippen molar-refractivity contribution in [2.45, 2.75) is 13.8 Å². The predicted molar refractivity (Wildman–Crippen MR) is 73.3 cm³/mol. The van der Waals surface area contributed by atoms with E-state index < -0.39 is 5.97 Å². The van der Waals surface area contributed by atoms with Crippen molar-refractivity contribution in [3.8, 4) is 16.8 Å². The lowest BCUT2D eigenvalue weighted by molar-refractivity contribution is 0.0690. The van der Waals surface area contributed by atoms with Crippen LogP contribution in [0, 0.1) is 13.8 Å². The van der Waals surface area contributed by atoms with Crippen molar-refractivity contribution in [3.05, 3.63) is 47.6 Å². The number of carboxylic acid groups (broad SMARTS) is 1. The molecule has 3 rings (SSSR count). The quantitative estimate of drug-likeness (QED) is 0.792. The molecular weight excluding hydrogens is 272 g/mol. The van der Waals surface area contributed by atoms with Gasteiger partial charge in [0.05, 0.1) is 17.6 Å². The zero-order valence-corrected chi connectivity index (χ0v) is 11.4. The summed E-state index contributed by atoms with van der Waals surface area (Å²) in [4.78, 5) is 12.1. The van der Waals surface area contributed by atoms with Crippen molar-refractivity contribution in [1.82, 2.24) is 20.2 Å². The number of aromatic carboxylic acids is 1. The van der Waals surface area contributed by atoms with Gasteiger partial charge in [-0.3, -0.25) is 0 Å². The first-order valence-corrected chi connectivity index (χ1v) is 6.25. The van der Waals surface area contributed by atoms with Gasteiger partial charge in [-0.15, -0.1) is 5.10 Å². The van der Waals surface area contributed by atoms with Gasteiger partial charge in [0, 0.05) is 5.56 Å². The molecule has 0 radical (unpaired) electrons. The third-order valence-electron chi connectivity index (χ3n) is 3.11. The minimum atomic E-state index is -1.11. The number of aryl methyl sites for hydroxylation is 2. The van der Waals surface area contributed by atoms with E-state index in [4.69, 9.17) is 9.63 Å². The van der Waals surface area contributed by atoms with E-state index in [1.54, 1.807) is 6.07 Å². The minimum absolute atomic E-state index is 0.0993. The van der Waals surface area contributed by atoms with E-state index in [9.17, 15) is 4.79 Å². The van der Waals surface area contributed by atoms with E-state index in [0.717, 1.165) is 22.6 Å². The fourth-order valence-corrected chi connectivity index (χ4v) is 2.17.